The maximum absolute atomic E-state index is 12.4. The van der Waals surface area contributed by atoms with Gasteiger partial charge in [0.1, 0.15) is 0 Å². The lowest BCUT2D eigenvalue weighted by atomic mass is 9.98. The molecule has 0 bridgehead atoms. The van der Waals surface area contributed by atoms with Gasteiger partial charge in [-0.15, -0.1) is 0 Å². The Morgan fingerprint density at radius 1 is 1.24 bits per heavy atom. The fraction of sp³-hybridized carbons (Fsp3) is 0.588. The minimum atomic E-state index is -0.219. The highest BCUT2D eigenvalue weighted by atomic mass is 16.3. The lowest BCUT2D eigenvalue weighted by molar-refractivity contribution is -0.131. The second-order valence-electron chi connectivity index (χ2n) is 6.33. The lowest BCUT2D eigenvalue weighted by Crippen LogP contribution is -2.51. The number of aliphatic hydroxyl groups is 1. The molecule has 0 unspecified atom stereocenters. The van der Waals surface area contributed by atoms with Crippen LogP contribution in [0.25, 0.3) is 0 Å². The number of rotatable bonds is 4. The average molecular weight is 288 g/mol. The fourth-order valence-electron chi connectivity index (χ4n) is 3.53. The molecule has 0 saturated heterocycles. The Labute approximate surface area is 126 Å². The van der Waals surface area contributed by atoms with E-state index < -0.39 is 0 Å². The largest absolute Gasteiger partial charge is 0.394 e. The zero-order chi connectivity index (χ0) is 14.7. The molecule has 1 aliphatic carbocycles. The first-order valence-corrected chi connectivity index (χ1v) is 7.93. The number of benzene rings is 1. The van der Waals surface area contributed by atoms with E-state index in [0.29, 0.717) is 13.1 Å². The summed E-state index contributed by atoms with van der Waals surface area (Å²) in [4.78, 5) is 14.3. The Morgan fingerprint density at radius 2 is 1.95 bits per heavy atom. The van der Waals surface area contributed by atoms with E-state index in [-0.39, 0.29) is 18.1 Å². The third kappa shape index (κ3) is 3.11. The molecule has 1 aromatic carbocycles. The number of nitrogens with one attached hydrogen (secondary N) is 1. The van der Waals surface area contributed by atoms with Gasteiger partial charge in [0.25, 0.3) is 0 Å². The smallest absolute Gasteiger partial charge is 0.236 e. The van der Waals surface area contributed by atoms with Crippen molar-refractivity contribution in [2.45, 2.75) is 44.2 Å². The summed E-state index contributed by atoms with van der Waals surface area (Å²) in [6.07, 6.45) is 5.16. The summed E-state index contributed by atoms with van der Waals surface area (Å²) in [7, 11) is 0. The van der Waals surface area contributed by atoms with Crippen LogP contribution in [0.15, 0.2) is 24.3 Å². The average Bonchev–Trinajstić information content (AvgIpc) is 3.01. The van der Waals surface area contributed by atoms with Crippen LogP contribution >= 0.6 is 0 Å². The second kappa shape index (κ2) is 6.16. The van der Waals surface area contributed by atoms with Crippen LogP contribution in [-0.2, 0) is 17.8 Å². The normalized spacial score (nSPS) is 20.3. The highest BCUT2D eigenvalue weighted by Gasteiger charge is 2.33. The van der Waals surface area contributed by atoms with Gasteiger partial charge in [0, 0.05) is 18.6 Å². The number of carbonyl (C=O) groups excluding carboxylic acids is 1. The second-order valence-corrected chi connectivity index (χ2v) is 6.33. The molecule has 1 aromatic rings. The first-order valence-electron chi connectivity index (χ1n) is 7.93. The number of fused-ring (bicyclic) bond motifs is 1. The van der Waals surface area contributed by atoms with E-state index in [1.165, 1.54) is 11.1 Å². The summed E-state index contributed by atoms with van der Waals surface area (Å²) < 4.78 is 0. The summed E-state index contributed by atoms with van der Waals surface area (Å²) in [5, 5.41) is 12.9. The maximum Gasteiger partial charge on any atom is 0.236 e. The molecule has 1 heterocycles. The number of aliphatic hydroxyl groups excluding tert-OH is 1. The van der Waals surface area contributed by atoms with Crippen molar-refractivity contribution < 1.29 is 9.90 Å². The quantitative estimate of drug-likeness (QED) is 0.882. The number of hydrogen-bond donors (Lipinski definition) is 2. The molecule has 0 atom stereocenters. The van der Waals surface area contributed by atoms with Crippen LogP contribution in [0.1, 0.15) is 36.8 Å². The molecule has 0 spiro atoms. The van der Waals surface area contributed by atoms with E-state index >= 15 is 0 Å². The zero-order valence-electron chi connectivity index (χ0n) is 12.5. The van der Waals surface area contributed by atoms with Gasteiger partial charge in [-0.25, -0.2) is 0 Å². The first kappa shape index (κ1) is 14.5. The zero-order valence-corrected chi connectivity index (χ0v) is 12.5. The van der Waals surface area contributed by atoms with Gasteiger partial charge < -0.3 is 15.3 Å². The predicted molar refractivity (Wildman–Crippen MR) is 81.9 cm³/mol. The summed E-state index contributed by atoms with van der Waals surface area (Å²) in [6.45, 7) is 1.97. The minimum absolute atomic E-state index is 0.128. The molecule has 4 nitrogen and oxygen atoms in total. The van der Waals surface area contributed by atoms with Gasteiger partial charge in [0.05, 0.1) is 13.2 Å². The standard InChI is InChI=1S/C17H24N2O2/c20-13-17(8-3-4-9-17)18-11-16(21)19-10-7-14-5-1-2-6-15(14)12-19/h1-2,5-6,18,20H,3-4,7-13H2. The van der Waals surface area contributed by atoms with Crippen LogP contribution in [0.5, 0.6) is 0 Å². The van der Waals surface area contributed by atoms with E-state index in [1.807, 2.05) is 11.0 Å². The Kier molecular flexibility index (Phi) is 4.27. The van der Waals surface area contributed by atoms with E-state index in [0.717, 1.165) is 38.6 Å². The minimum Gasteiger partial charge on any atom is -0.394 e. The molecule has 1 amide bonds. The van der Waals surface area contributed by atoms with Gasteiger partial charge in [0.2, 0.25) is 5.91 Å². The van der Waals surface area contributed by atoms with Gasteiger partial charge in [-0.1, -0.05) is 37.1 Å². The van der Waals surface area contributed by atoms with Crippen LogP contribution in [0.3, 0.4) is 0 Å². The number of carbonyl (C=O) groups is 1. The molecule has 0 radical (unpaired) electrons. The monoisotopic (exact) mass is 288 g/mol. The van der Waals surface area contributed by atoms with Gasteiger partial charge >= 0.3 is 0 Å². The molecule has 2 N–H and O–H groups in total. The van der Waals surface area contributed by atoms with E-state index in [1.54, 1.807) is 0 Å². The van der Waals surface area contributed by atoms with Gasteiger partial charge in [0.15, 0.2) is 0 Å². The summed E-state index contributed by atoms with van der Waals surface area (Å²) >= 11 is 0. The van der Waals surface area contributed by atoms with E-state index in [4.69, 9.17) is 0 Å². The molecule has 114 valence electrons. The third-order valence-corrected chi connectivity index (χ3v) is 4.96. The van der Waals surface area contributed by atoms with Crippen LogP contribution < -0.4 is 5.32 Å². The summed E-state index contributed by atoms with van der Waals surface area (Å²) in [5.41, 5.74) is 2.40. The van der Waals surface area contributed by atoms with Crippen molar-refractivity contribution in [3.8, 4) is 0 Å². The molecule has 3 rings (SSSR count). The molecule has 1 saturated carbocycles. The molecule has 21 heavy (non-hydrogen) atoms. The molecule has 4 heteroatoms. The van der Waals surface area contributed by atoms with Crippen LogP contribution in [-0.4, -0.2) is 41.1 Å². The SMILES string of the molecule is O=C(CNC1(CO)CCCC1)N1CCc2ccccc2C1. The Bertz CT molecular complexity index is 509. The van der Waals surface area contributed by atoms with Gasteiger partial charge in [-0.2, -0.15) is 0 Å². The number of hydrogen-bond acceptors (Lipinski definition) is 3. The lowest BCUT2D eigenvalue weighted by Gasteiger charge is -2.32. The maximum atomic E-state index is 12.4. The van der Waals surface area contributed by atoms with Crippen molar-refractivity contribution >= 4 is 5.91 Å². The van der Waals surface area contributed by atoms with Crippen LogP contribution in [0.2, 0.25) is 0 Å². The fourth-order valence-corrected chi connectivity index (χ4v) is 3.53. The van der Waals surface area contributed by atoms with Crippen molar-refractivity contribution in [1.82, 2.24) is 10.2 Å². The highest BCUT2D eigenvalue weighted by molar-refractivity contribution is 5.78. The van der Waals surface area contributed by atoms with Crippen molar-refractivity contribution in [2.24, 2.45) is 0 Å². The highest BCUT2D eigenvalue weighted by Crippen LogP contribution is 2.29. The first-order chi connectivity index (χ1) is 10.2. The molecular weight excluding hydrogens is 264 g/mol. The molecule has 1 fully saturated rings. The summed E-state index contributed by atoms with van der Waals surface area (Å²) in [6, 6.07) is 8.34. The number of nitrogens with zero attached hydrogens (tertiary/aromatic N) is 1. The van der Waals surface area contributed by atoms with Crippen LogP contribution in [0, 0.1) is 0 Å². The van der Waals surface area contributed by atoms with Crippen LogP contribution in [0.4, 0.5) is 0 Å². The Hall–Kier alpha value is -1.39. The van der Waals surface area contributed by atoms with Crippen molar-refractivity contribution in [3.05, 3.63) is 35.4 Å². The van der Waals surface area contributed by atoms with Gasteiger partial charge in [-0.05, 0) is 30.4 Å². The van der Waals surface area contributed by atoms with Gasteiger partial charge in [-0.3, -0.25) is 4.79 Å². The molecule has 0 aromatic heterocycles. The van der Waals surface area contributed by atoms with Crippen molar-refractivity contribution in [2.75, 3.05) is 19.7 Å². The van der Waals surface area contributed by atoms with Crippen molar-refractivity contribution in [3.63, 3.8) is 0 Å². The Balaban J connectivity index is 1.57. The van der Waals surface area contributed by atoms with E-state index in [2.05, 4.69) is 23.5 Å². The predicted octanol–water partition coefficient (Wildman–Crippen LogP) is 1.47. The summed E-state index contributed by atoms with van der Waals surface area (Å²) in [5.74, 6) is 0.143. The molecule has 2 aliphatic rings. The van der Waals surface area contributed by atoms with E-state index in [9.17, 15) is 9.90 Å². The Morgan fingerprint density at radius 3 is 2.67 bits per heavy atom. The molecular formula is C17H24N2O2. The third-order valence-electron chi connectivity index (χ3n) is 4.96. The molecule has 1 aliphatic heterocycles. The van der Waals surface area contributed by atoms with Crippen molar-refractivity contribution in [1.29, 1.82) is 0 Å². The topological polar surface area (TPSA) is 52.6 Å². The number of amides is 1.